The van der Waals surface area contributed by atoms with Crippen molar-refractivity contribution in [3.8, 4) is 11.1 Å². The maximum atomic E-state index is 13.5. The topological polar surface area (TPSA) is 150 Å². The first kappa shape index (κ1) is 46.8. The first-order chi connectivity index (χ1) is 27.5. The predicted molar refractivity (Wildman–Crippen MR) is 211 cm³/mol. The maximum Gasteiger partial charge on any atom is 0.490 e. The van der Waals surface area contributed by atoms with Crippen LogP contribution in [0.4, 0.5) is 27.6 Å². The molecule has 0 aromatic heterocycles. The molecule has 3 aromatic rings. The van der Waals surface area contributed by atoms with E-state index in [-0.39, 0.29) is 37.9 Å². The third-order valence-corrected chi connectivity index (χ3v) is 8.82. The van der Waals surface area contributed by atoms with Crippen molar-refractivity contribution >= 4 is 30.0 Å². The first-order valence-corrected chi connectivity index (χ1v) is 19.3. The smallest absolute Gasteiger partial charge is 0.459 e. The van der Waals surface area contributed by atoms with Crippen molar-refractivity contribution in [2.75, 3.05) is 32.8 Å². The fourth-order valence-electron chi connectivity index (χ4n) is 6.09. The predicted octanol–water partition coefficient (Wildman–Crippen LogP) is 8.71. The molecule has 3 amide bonds. The van der Waals surface area contributed by atoms with E-state index in [1.54, 1.807) is 25.7 Å². The van der Waals surface area contributed by atoms with Crippen LogP contribution in [0, 0.1) is 0 Å². The van der Waals surface area contributed by atoms with E-state index >= 15 is 0 Å². The number of fused-ring (bicyclic) bond motifs is 3. The van der Waals surface area contributed by atoms with E-state index in [1.165, 1.54) is 6.92 Å². The molecule has 1 atom stereocenters. The molecule has 3 aromatic carbocycles. The highest BCUT2D eigenvalue weighted by molar-refractivity contribution is 5.87. The Bertz CT molecular complexity index is 1750. The summed E-state index contributed by atoms with van der Waals surface area (Å²) in [6, 6.07) is 24.9. The average molecular weight is 814 g/mol. The van der Waals surface area contributed by atoms with Gasteiger partial charge in [0.05, 0.1) is 12.6 Å². The summed E-state index contributed by atoms with van der Waals surface area (Å²) in [6.07, 6.45) is -4.35. The Morgan fingerprint density at radius 1 is 0.759 bits per heavy atom. The van der Waals surface area contributed by atoms with E-state index in [4.69, 9.17) is 14.2 Å². The summed E-state index contributed by atoms with van der Waals surface area (Å²) in [5.74, 6) is -2.39. The van der Waals surface area contributed by atoms with Gasteiger partial charge in [0.25, 0.3) is 0 Å². The van der Waals surface area contributed by atoms with E-state index in [0.29, 0.717) is 45.3 Å². The highest BCUT2D eigenvalue weighted by Crippen LogP contribution is 2.44. The summed E-state index contributed by atoms with van der Waals surface area (Å²) in [5, 5.41) is 5.53. The number of carbonyl (C=O) groups is 5. The van der Waals surface area contributed by atoms with Crippen molar-refractivity contribution in [1.82, 2.24) is 15.5 Å². The number of amides is 3. The van der Waals surface area contributed by atoms with Gasteiger partial charge in [-0.25, -0.2) is 19.2 Å². The summed E-state index contributed by atoms with van der Waals surface area (Å²) in [4.78, 5) is 62.5. The molecule has 0 fully saturated rings. The molecule has 0 bridgehead atoms. The first-order valence-electron chi connectivity index (χ1n) is 19.3. The number of alkyl halides is 3. The number of benzene rings is 3. The summed E-state index contributed by atoms with van der Waals surface area (Å²) in [5.41, 5.74) is 4.76. The SMILES string of the molecule is CCN(CCCC(=O)[C@H](CCCCNC(=O)OC(C)(C)C)NC(=O)OCC1c2ccccc2-c2ccccc21)C(=O)OCc1ccccc1.CCOC(=O)C(F)(F)F. The van der Waals surface area contributed by atoms with E-state index < -0.39 is 42.1 Å². The second-order valence-electron chi connectivity index (χ2n) is 14.4. The van der Waals surface area contributed by atoms with Gasteiger partial charge < -0.3 is 34.5 Å². The Labute approximate surface area is 337 Å². The number of hydrogen-bond acceptors (Lipinski definition) is 9. The lowest BCUT2D eigenvalue weighted by Crippen LogP contribution is -2.42. The number of ketones is 1. The Morgan fingerprint density at radius 3 is 1.91 bits per heavy atom. The number of carbonyl (C=O) groups excluding carboxylic acids is 5. The molecule has 2 N–H and O–H groups in total. The largest absolute Gasteiger partial charge is 0.490 e. The van der Waals surface area contributed by atoms with Gasteiger partial charge >= 0.3 is 30.4 Å². The normalized spacial score (nSPS) is 12.4. The van der Waals surface area contributed by atoms with E-state index in [2.05, 4.69) is 39.6 Å². The number of esters is 1. The minimum atomic E-state index is -4.85. The number of alkyl carbamates (subject to hydrolysis) is 2. The molecular weight excluding hydrogens is 759 g/mol. The lowest BCUT2D eigenvalue weighted by atomic mass is 9.98. The quantitative estimate of drug-likeness (QED) is 0.0776. The van der Waals surface area contributed by atoms with Gasteiger partial charge in [-0.2, -0.15) is 13.2 Å². The van der Waals surface area contributed by atoms with Gasteiger partial charge in [0.2, 0.25) is 0 Å². The van der Waals surface area contributed by atoms with Crippen LogP contribution in [0.5, 0.6) is 0 Å². The molecule has 0 saturated carbocycles. The lowest BCUT2D eigenvalue weighted by Gasteiger charge is -2.22. The molecule has 58 heavy (non-hydrogen) atoms. The fraction of sp³-hybridized carbons (Fsp3) is 0.465. The van der Waals surface area contributed by atoms with Gasteiger partial charge in [-0.1, -0.05) is 78.9 Å². The van der Waals surface area contributed by atoms with Crippen LogP contribution in [-0.4, -0.2) is 85.6 Å². The van der Waals surface area contributed by atoms with Crippen LogP contribution >= 0.6 is 0 Å². The lowest BCUT2D eigenvalue weighted by molar-refractivity contribution is -0.199. The van der Waals surface area contributed by atoms with Gasteiger partial charge in [-0.3, -0.25) is 4.79 Å². The number of Topliss-reactive ketones (excluding diaryl/α,β-unsaturated/α-hetero) is 1. The molecule has 0 aliphatic heterocycles. The van der Waals surface area contributed by atoms with Gasteiger partial charge in [0.15, 0.2) is 5.78 Å². The van der Waals surface area contributed by atoms with E-state index in [0.717, 1.165) is 27.8 Å². The van der Waals surface area contributed by atoms with Crippen molar-refractivity contribution in [1.29, 1.82) is 0 Å². The summed E-state index contributed by atoms with van der Waals surface area (Å²) in [6.45, 7) is 9.77. The van der Waals surface area contributed by atoms with Crippen molar-refractivity contribution < 1.29 is 56.1 Å². The number of halogens is 3. The number of rotatable bonds is 17. The average Bonchev–Trinajstić information content (AvgIpc) is 3.50. The Hall–Kier alpha value is -5.60. The number of unbranched alkanes of at least 4 members (excludes halogenated alkanes) is 1. The van der Waals surface area contributed by atoms with Crippen LogP contribution in [0.3, 0.4) is 0 Å². The number of ether oxygens (including phenoxy) is 4. The Kier molecular flexibility index (Phi) is 18.5. The third-order valence-electron chi connectivity index (χ3n) is 8.82. The van der Waals surface area contributed by atoms with E-state index in [1.807, 2.05) is 61.5 Å². The molecule has 0 saturated heterocycles. The van der Waals surface area contributed by atoms with Gasteiger partial charge in [-0.05, 0) is 88.1 Å². The van der Waals surface area contributed by atoms with Crippen LogP contribution in [-0.2, 0) is 35.1 Å². The van der Waals surface area contributed by atoms with Gasteiger partial charge in [-0.15, -0.1) is 0 Å². The molecule has 0 unspecified atom stereocenters. The van der Waals surface area contributed by atoms with Crippen LogP contribution in [0.15, 0.2) is 78.9 Å². The highest BCUT2D eigenvalue weighted by Gasteiger charge is 2.40. The van der Waals surface area contributed by atoms with Crippen LogP contribution in [0.2, 0.25) is 0 Å². The highest BCUT2D eigenvalue weighted by atomic mass is 19.4. The summed E-state index contributed by atoms with van der Waals surface area (Å²) < 4.78 is 53.6. The number of nitrogens with one attached hydrogen (secondary N) is 2. The molecule has 0 radical (unpaired) electrons. The zero-order valence-electron chi connectivity index (χ0n) is 33.7. The number of nitrogens with zero attached hydrogens (tertiary/aromatic N) is 1. The standard InChI is InChI=1S/C39H49N3O7.C4H5F3O2/c1-5-42(38(46)48-26-28-16-7-6-8-17-28)25-15-23-35(43)34(22-13-14-24-40-36(44)49-39(2,3)4)41-37(45)47-27-33-31-20-11-9-18-29(31)30-19-10-12-21-32(30)33;1-2-9-3(8)4(5,6)7/h6-12,16-21,33-34H,5,13-15,22-27H2,1-4H3,(H,40,44)(H,41,45);2H2,1H3/t34-;/m0./s1. The zero-order chi connectivity index (χ0) is 42.7. The molecule has 1 aliphatic carbocycles. The Morgan fingerprint density at radius 2 is 1.36 bits per heavy atom. The molecule has 4 rings (SSSR count). The van der Waals surface area contributed by atoms with E-state index in [9.17, 15) is 37.1 Å². The summed E-state index contributed by atoms with van der Waals surface area (Å²) >= 11 is 0. The monoisotopic (exact) mass is 813 g/mol. The summed E-state index contributed by atoms with van der Waals surface area (Å²) in [7, 11) is 0. The van der Waals surface area contributed by atoms with Crippen LogP contribution < -0.4 is 10.6 Å². The van der Waals surface area contributed by atoms with Crippen molar-refractivity contribution in [3.05, 3.63) is 95.6 Å². The zero-order valence-corrected chi connectivity index (χ0v) is 33.7. The fourth-order valence-corrected chi connectivity index (χ4v) is 6.09. The molecule has 0 spiro atoms. The van der Waals surface area contributed by atoms with Gasteiger partial charge in [0.1, 0.15) is 18.8 Å². The maximum absolute atomic E-state index is 13.5. The number of hydrogen-bond donors (Lipinski definition) is 2. The molecular formula is C43H54F3N3O9. The minimum Gasteiger partial charge on any atom is -0.459 e. The van der Waals surface area contributed by atoms with Crippen molar-refractivity contribution in [3.63, 3.8) is 0 Å². The van der Waals surface area contributed by atoms with Crippen LogP contribution in [0.1, 0.15) is 89.3 Å². The Balaban J connectivity index is 0.000000891. The molecule has 0 heterocycles. The van der Waals surface area contributed by atoms with Gasteiger partial charge in [0, 0.05) is 32.0 Å². The third kappa shape index (κ3) is 15.7. The second kappa shape index (κ2) is 23.0. The molecule has 15 heteroatoms. The van der Waals surface area contributed by atoms with Crippen molar-refractivity contribution in [2.24, 2.45) is 0 Å². The van der Waals surface area contributed by atoms with Crippen molar-refractivity contribution in [2.45, 2.75) is 97.1 Å². The molecule has 12 nitrogen and oxygen atoms in total. The molecule has 1 aliphatic rings. The minimum absolute atomic E-state index is 0.104. The van der Waals surface area contributed by atoms with Crippen LogP contribution in [0.25, 0.3) is 11.1 Å². The molecule has 316 valence electrons. The second-order valence-corrected chi connectivity index (χ2v) is 14.4.